The maximum absolute atomic E-state index is 9.25. The zero-order valence-corrected chi connectivity index (χ0v) is 17.1. The molecule has 0 aliphatic rings. The number of halogens is 2. The van der Waals surface area contributed by atoms with E-state index in [4.69, 9.17) is 20.8 Å². The van der Waals surface area contributed by atoms with Crippen LogP contribution in [-0.2, 0) is 6.61 Å². The van der Waals surface area contributed by atoms with Crippen molar-refractivity contribution in [2.75, 3.05) is 0 Å². The quantitative estimate of drug-likeness (QED) is 0.422. The van der Waals surface area contributed by atoms with Gasteiger partial charge in [0.25, 0.3) is 0 Å². The van der Waals surface area contributed by atoms with Gasteiger partial charge in [-0.1, -0.05) is 29.8 Å². The third kappa shape index (κ3) is 4.41. The minimum Gasteiger partial charge on any atom is -0.488 e. The van der Waals surface area contributed by atoms with Gasteiger partial charge in [0, 0.05) is 22.4 Å². The molecule has 3 rings (SSSR count). The summed E-state index contributed by atoms with van der Waals surface area (Å²) < 4.78 is 12.2. The van der Waals surface area contributed by atoms with Gasteiger partial charge in [0.15, 0.2) is 0 Å². The zero-order valence-electron chi connectivity index (χ0n) is 14.8. The molecule has 1 heterocycles. The van der Waals surface area contributed by atoms with Crippen molar-refractivity contribution in [1.82, 2.24) is 0 Å². The molecule has 0 saturated heterocycles. The largest absolute Gasteiger partial charge is 0.488 e. The maximum atomic E-state index is 9.25. The second kappa shape index (κ2) is 8.43. The normalized spacial score (nSPS) is 10.9. The highest BCUT2D eigenvalue weighted by Crippen LogP contribution is 2.29. The van der Waals surface area contributed by atoms with E-state index in [0.717, 1.165) is 21.2 Å². The summed E-state index contributed by atoms with van der Waals surface area (Å²) in [4.78, 5) is 4.31. The Balaban J connectivity index is 1.74. The van der Waals surface area contributed by atoms with E-state index in [1.54, 1.807) is 6.21 Å². The highest BCUT2D eigenvalue weighted by atomic mass is 79.9. The summed E-state index contributed by atoms with van der Waals surface area (Å²) >= 11 is 9.67. The van der Waals surface area contributed by atoms with E-state index in [0.29, 0.717) is 34.6 Å². The number of hydrogen-bond acceptors (Lipinski definition) is 4. The molecule has 4 nitrogen and oxygen atoms in total. The lowest BCUT2D eigenvalue weighted by Crippen LogP contribution is -1.97. The van der Waals surface area contributed by atoms with Crippen LogP contribution in [0.4, 0.5) is 5.88 Å². The standard InChI is InChI=1S/C21H16BrClN2O2/c1-13-14(2)27-21(17(13)10-24)25-11-15-7-8-20(18(22)9-15)26-12-16-5-3-4-6-19(16)23/h3-9,11H,12H2,1-2H3. The fourth-order valence-corrected chi connectivity index (χ4v) is 3.15. The highest BCUT2D eigenvalue weighted by molar-refractivity contribution is 9.10. The Hall–Kier alpha value is -2.55. The first-order chi connectivity index (χ1) is 13.0. The summed E-state index contributed by atoms with van der Waals surface area (Å²) in [6.07, 6.45) is 1.65. The molecule has 3 aromatic rings. The van der Waals surface area contributed by atoms with Gasteiger partial charge in [-0.2, -0.15) is 5.26 Å². The Bertz CT molecular complexity index is 1050. The van der Waals surface area contributed by atoms with Crippen LogP contribution >= 0.6 is 27.5 Å². The topological polar surface area (TPSA) is 58.5 Å². The Kier molecular flexibility index (Phi) is 6.00. The number of aliphatic imine (C=N–C) groups is 1. The predicted molar refractivity (Wildman–Crippen MR) is 110 cm³/mol. The molecular formula is C21H16BrClN2O2. The van der Waals surface area contributed by atoms with Crippen molar-refractivity contribution in [2.45, 2.75) is 20.5 Å². The fourth-order valence-electron chi connectivity index (χ4n) is 2.45. The summed E-state index contributed by atoms with van der Waals surface area (Å²) in [6.45, 7) is 4.04. The third-order valence-electron chi connectivity index (χ3n) is 4.11. The van der Waals surface area contributed by atoms with Crippen molar-refractivity contribution >= 4 is 39.6 Å². The highest BCUT2D eigenvalue weighted by Gasteiger charge is 2.13. The van der Waals surface area contributed by atoms with Crippen LogP contribution < -0.4 is 4.74 Å². The van der Waals surface area contributed by atoms with E-state index in [1.165, 1.54) is 0 Å². The summed E-state index contributed by atoms with van der Waals surface area (Å²) in [5.74, 6) is 1.72. The molecule has 0 fully saturated rings. The van der Waals surface area contributed by atoms with Crippen LogP contribution in [0.3, 0.4) is 0 Å². The molecule has 0 amide bonds. The van der Waals surface area contributed by atoms with Gasteiger partial charge in [-0.05, 0) is 59.6 Å². The summed E-state index contributed by atoms with van der Waals surface area (Å²) in [7, 11) is 0. The van der Waals surface area contributed by atoms with Crippen molar-refractivity contribution < 1.29 is 9.15 Å². The van der Waals surface area contributed by atoms with Crippen LogP contribution in [-0.4, -0.2) is 6.21 Å². The van der Waals surface area contributed by atoms with Gasteiger partial charge < -0.3 is 9.15 Å². The average molecular weight is 444 g/mol. The van der Waals surface area contributed by atoms with Crippen LogP contribution in [0.5, 0.6) is 5.75 Å². The van der Waals surface area contributed by atoms with Crippen molar-refractivity contribution in [3.8, 4) is 11.8 Å². The molecule has 6 heteroatoms. The third-order valence-corrected chi connectivity index (χ3v) is 5.09. The Morgan fingerprint density at radius 1 is 1.26 bits per heavy atom. The lowest BCUT2D eigenvalue weighted by Gasteiger charge is -2.09. The molecule has 0 aliphatic heterocycles. The van der Waals surface area contributed by atoms with Crippen LogP contribution in [0.1, 0.15) is 28.0 Å². The molecule has 0 aliphatic carbocycles. The Morgan fingerprint density at radius 2 is 2.04 bits per heavy atom. The summed E-state index contributed by atoms with van der Waals surface area (Å²) in [6, 6.07) is 15.3. The summed E-state index contributed by atoms with van der Waals surface area (Å²) in [5.41, 5.74) is 3.04. The lowest BCUT2D eigenvalue weighted by atomic mass is 10.2. The number of aryl methyl sites for hydroxylation is 1. The number of furan rings is 1. The van der Waals surface area contributed by atoms with Crippen molar-refractivity contribution in [3.63, 3.8) is 0 Å². The second-order valence-electron chi connectivity index (χ2n) is 5.90. The predicted octanol–water partition coefficient (Wildman–Crippen LogP) is 6.51. The van der Waals surface area contributed by atoms with Crippen molar-refractivity contribution in [1.29, 1.82) is 5.26 Å². The van der Waals surface area contributed by atoms with Crippen LogP contribution in [0.15, 0.2) is 56.3 Å². The molecule has 0 bridgehead atoms. The number of rotatable bonds is 5. The monoisotopic (exact) mass is 442 g/mol. The molecule has 1 aromatic heterocycles. The Labute approximate surface area is 171 Å². The fraction of sp³-hybridized carbons (Fsp3) is 0.143. The number of benzene rings is 2. The number of nitrogens with zero attached hydrogens (tertiary/aromatic N) is 2. The molecule has 0 atom stereocenters. The first kappa shape index (κ1) is 19.2. The second-order valence-corrected chi connectivity index (χ2v) is 7.16. The molecule has 0 unspecified atom stereocenters. The average Bonchev–Trinajstić information content (AvgIpc) is 2.93. The molecule has 136 valence electrons. The number of nitriles is 1. The molecule has 0 spiro atoms. The number of ether oxygens (including phenoxy) is 1. The molecular weight excluding hydrogens is 428 g/mol. The van der Waals surface area contributed by atoms with Crippen LogP contribution in [0.2, 0.25) is 5.02 Å². The van der Waals surface area contributed by atoms with Gasteiger partial charge >= 0.3 is 0 Å². The first-order valence-electron chi connectivity index (χ1n) is 8.19. The van der Waals surface area contributed by atoms with Gasteiger partial charge in [0.2, 0.25) is 5.88 Å². The van der Waals surface area contributed by atoms with Crippen LogP contribution in [0.25, 0.3) is 0 Å². The van der Waals surface area contributed by atoms with E-state index in [2.05, 4.69) is 27.0 Å². The number of hydrogen-bond donors (Lipinski definition) is 0. The van der Waals surface area contributed by atoms with Gasteiger partial charge in [0.05, 0.1) is 4.47 Å². The lowest BCUT2D eigenvalue weighted by molar-refractivity contribution is 0.304. The molecule has 0 N–H and O–H groups in total. The summed E-state index contributed by atoms with van der Waals surface area (Å²) in [5, 5.41) is 9.92. The Morgan fingerprint density at radius 3 is 2.74 bits per heavy atom. The van der Waals surface area contributed by atoms with Gasteiger partial charge in [-0.3, -0.25) is 0 Å². The maximum Gasteiger partial charge on any atom is 0.237 e. The van der Waals surface area contributed by atoms with Crippen molar-refractivity contribution in [2.24, 2.45) is 4.99 Å². The first-order valence-corrected chi connectivity index (χ1v) is 9.36. The van der Waals surface area contributed by atoms with Gasteiger partial charge in [-0.15, -0.1) is 0 Å². The van der Waals surface area contributed by atoms with E-state index in [-0.39, 0.29) is 0 Å². The van der Waals surface area contributed by atoms with E-state index in [9.17, 15) is 5.26 Å². The van der Waals surface area contributed by atoms with E-state index in [1.807, 2.05) is 56.3 Å². The van der Waals surface area contributed by atoms with E-state index >= 15 is 0 Å². The minimum atomic E-state index is 0.322. The zero-order chi connectivity index (χ0) is 19.4. The van der Waals surface area contributed by atoms with E-state index < -0.39 is 0 Å². The van der Waals surface area contributed by atoms with Gasteiger partial charge in [0.1, 0.15) is 29.7 Å². The molecule has 0 saturated carbocycles. The van der Waals surface area contributed by atoms with Crippen molar-refractivity contribution in [3.05, 3.63) is 80.0 Å². The van der Waals surface area contributed by atoms with Crippen LogP contribution in [0, 0.1) is 25.2 Å². The molecule has 27 heavy (non-hydrogen) atoms. The SMILES string of the molecule is Cc1oc(N=Cc2ccc(OCc3ccccc3Cl)c(Br)c2)c(C#N)c1C. The smallest absolute Gasteiger partial charge is 0.237 e. The van der Waals surface area contributed by atoms with Gasteiger partial charge in [-0.25, -0.2) is 4.99 Å². The minimum absolute atomic E-state index is 0.322. The molecule has 2 aromatic carbocycles. The molecule has 0 radical (unpaired) electrons.